The summed E-state index contributed by atoms with van der Waals surface area (Å²) in [4.78, 5) is 6.90. The highest BCUT2D eigenvalue weighted by molar-refractivity contribution is 5.52. The van der Waals surface area contributed by atoms with Gasteiger partial charge in [-0.25, -0.2) is 4.98 Å². The molecule has 2 saturated heterocycles. The molecule has 0 amide bonds. The molecule has 3 heterocycles. The quantitative estimate of drug-likeness (QED) is 0.563. The first kappa shape index (κ1) is 21.3. The van der Waals surface area contributed by atoms with Crippen molar-refractivity contribution in [3.8, 4) is 0 Å². The monoisotopic (exact) mass is 405 g/mol. The fourth-order valence-electron chi connectivity index (χ4n) is 4.22. The van der Waals surface area contributed by atoms with E-state index >= 15 is 0 Å². The number of rotatable bonds is 4. The van der Waals surface area contributed by atoms with Gasteiger partial charge in [-0.1, -0.05) is 0 Å². The van der Waals surface area contributed by atoms with Crippen molar-refractivity contribution in [3.05, 3.63) is 24.0 Å². The Hall–Kier alpha value is -1.46. The van der Waals surface area contributed by atoms with Crippen LogP contribution in [0.5, 0.6) is 0 Å². The first-order valence-electron chi connectivity index (χ1n) is 9.38. The second kappa shape index (κ2) is 8.50. The van der Waals surface area contributed by atoms with Crippen LogP contribution in [-0.4, -0.2) is 87.4 Å². The van der Waals surface area contributed by atoms with Crippen molar-refractivity contribution < 1.29 is 33.6 Å². The lowest BCUT2D eigenvalue weighted by atomic mass is 9.90. The van der Waals surface area contributed by atoms with Crippen molar-refractivity contribution in [1.29, 1.82) is 0 Å². The molecule has 0 radical (unpaired) electrons. The minimum Gasteiger partial charge on any atom is -0.395 e. The van der Waals surface area contributed by atoms with Crippen molar-refractivity contribution in [3.63, 3.8) is 0 Å². The van der Waals surface area contributed by atoms with Crippen LogP contribution in [0.3, 0.4) is 0 Å². The maximum Gasteiger partial charge on any atom is 0.435 e. The molecule has 7 nitrogen and oxygen atoms in total. The third-order valence-electron chi connectivity index (χ3n) is 5.62. The van der Waals surface area contributed by atoms with Crippen molar-refractivity contribution in [2.24, 2.45) is 5.92 Å². The van der Waals surface area contributed by atoms with Gasteiger partial charge in [-0.05, 0) is 30.9 Å². The van der Waals surface area contributed by atoms with Crippen LogP contribution in [0.2, 0.25) is 0 Å². The number of alkyl halides is 3. The minimum absolute atomic E-state index is 0.0151. The van der Waals surface area contributed by atoms with E-state index in [0.717, 1.165) is 12.6 Å². The number of hydrogen-bond donors (Lipinski definition) is 4. The number of nitrogens with zero attached hydrogens (tertiary/aromatic N) is 3. The van der Waals surface area contributed by atoms with Gasteiger partial charge in [0.2, 0.25) is 0 Å². The molecule has 1 aromatic heterocycles. The van der Waals surface area contributed by atoms with Crippen LogP contribution < -0.4 is 4.90 Å². The van der Waals surface area contributed by atoms with E-state index in [2.05, 4.69) is 4.98 Å². The fourth-order valence-corrected chi connectivity index (χ4v) is 4.22. The standard InChI is InChI=1S/C18H26F3N3O4/c19-18(20,21)17-12(4-1-5-22-17)23-6-2-3-11(7-23)8-24-9-14(26)16(28)15(27)13(24)10-25/h1,4-5,11,13-16,25-28H,2-3,6-10H2/t11-,13+,14-,15+,16+/m0/s1. The molecule has 2 fully saturated rings. The van der Waals surface area contributed by atoms with Gasteiger partial charge >= 0.3 is 6.18 Å². The van der Waals surface area contributed by atoms with Crippen LogP contribution in [-0.2, 0) is 6.18 Å². The van der Waals surface area contributed by atoms with Crippen molar-refractivity contribution in [1.82, 2.24) is 9.88 Å². The predicted octanol–water partition coefficient (Wildman–Crippen LogP) is 0.0760. The Bertz CT molecular complexity index is 663. The topological polar surface area (TPSA) is 100 Å². The van der Waals surface area contributed by atoms with Gasteiger partial charge in [-0.15, -0.1) is 0 Å². The molecule has 1 aromatic rings. The molecule has 2 aliphatic heterocycles. The summed E-state index contributed by atoms with van der Waals surface area (Å²) >= 11 is 0. The maximum absolute atomic E-state index is 13.3. The Kier molecular flexibility index (Phi) is 6.45. The molecule has 10 heteroatoms. The molecule has 28 heavy (non-hydrogen) atoms. The average molecular weight is 405 g/mol. The lowest BCUT2D eigenvalue weighted by molar-refractivity contribution is -0.147. The Labute approximate surface area is 161 Å². The Morgan fingerprint density at radius 3 is 2.57 bits per heavy atom. The van der Waals surface area contributed by atoms with Gasteiger partial charge in [-0.2, -0.15) is 13.2 Å². The summed E-state index contributed by atoms with van der Waals surface area (Å²) < 4.78 is 39.9. The number of aliphatic hydroxyl groups is 4. The van der Waals surface area contributed by atoms with Crippen LogP contribution in [0.1, 0.15) is 18.5 Å². The zero-order valence-corrected chi connectivity index (χ0v) is 15.3. The Morgan fingerprint density at radius 2 is 1.89 bits per heavy atom. The summed E-state index contributed by atoms with van der Waals surface area (Å²) in [5.74, 6) is -0.0151. The fraction of sp³-hybridized carbons (Fsp3) is 0.722. The molecule has 0 bridgehead atoms. The molecule has 0 aliphatic carbocycles. The number of anilines is 1. The molecule has 0 aromatic carbocycles. The van der Waals surface area contributed by atoms with E-state index in [-0.39, 0.29) is 24.8 Å². The summed E-state index contributed by atoms with van der Waals surface area (Å²) in [6.45, 7) is 0.948. The summed E-state index contributed by atoms with van der Waals surface area (Å²) in [7, 11) is 0. The third kappa shape index (κ3) is 4.41. The highest BCUT2D eigenvalue weighted by Gasteiger charge is 2.42. The van der Waals surface area contributed by atoms with Gasteiger partial charge in [0.25, 0.3) is 0 Å². The zero-order chi connectivity index (χ0) is 20.5. The number of hydrogen-bond acceptors (Lipinski definition) is 7. The minimum atomic E-state index is -4.54. The van der Waals surface area contributed by atoms with E-state index in [0.29, 0.717) is 26.1 Å². The summed E-state index contributed by atoms with van der Waals surface area (Å²) in [5.41, 5.74) is -0.858. The van der Waals surface area contributed by atoms with E-state index in [9.17, 15) is 33.6 Å². The van der Waals surface area contributed by atoms with Crippen molar-refractivity contribution >= 4 is 5.69 Å². The van der Waals surface area contributed by atoms with Gasteiger partial charge in [0.1, 0.15) is 12.2 Å². The van der Waals surface area contributed by atoms with Crippen LogP contribution >= 0.6 is 0 Å². The summed E-state index contributed by atoms with van der Waals surface area (Å²) in [6.07, 6.45) is -5.70. The first-order valence-corrected chi connectivity index (χ1v) is 9.38. The normalized spacial score (nSPS) is 32.5. The molecule has 3 rings (SSSR count). The zero-order valence-electron chi connectivity index (χ0n) is 15.3. The highest BCUT2D eigenvalue weighted by atomic mass is 19.4. The van der Waals surface area contributed by atoms with Crippen LogP contribution in [0.15, 0.2) is 18.3 Å². The molecule has 4 N–H and O–H groups in total. The number of aliphatic hydroxyl groups excluding tert-OH is 4. The lowest BCUT2D eigenvalue weighted by Crippen LogP contribution is -2.63. The van der Waals surface area contributed by atoms with Gasteiger partial charge < -0.3 is 25.3 Å². The number of likely N-dealkylation sites (tertiary alicyclic amines) is 1. The Balaban J connectivity index is 1.72. The molecule has 0 spiro atoms. The second-order valence-electron chi connectivity index (χ2n) is 7.58. The van der Waals surface area contributed by atoms with Crippen LogP contribution in [0, 0.1) is 5.92 Å². The molecular weight excluding hydrogens is 379 g/mol. The van der Waals surface area contributed by atoms with Crippen molar-refractivity contribution in [2.45, 2.75) is 43.4 Å². The number of aromatic nitrogens is 1. The van der Waals surface area contributed by atoms with E-state index < -0.39 is 36.2 Å². The second-order valence-corrected chi connectivity index (χ2v) is 7.58. The lowest BCUT2D eigenvalue weighted by Gasteiger charge is -2.45. The Morgan fingerprint density at radius 1 is 1.14 bits per heavy atom. The molecular formula is C18H26F3N3O4. The average Bonchev–Trinajstić information content (AvgIpc) is 2.66. The highest BCUT2D eigenvalue weighted by Crippen LogP contribution is 2.36. The van der Waals surface area contributed by atoms with Gasteiger partial charge in [0.05, 0.1) is 24.4 Å². The largest absolute Gasteiger partial charge is 0.435 e. The summed E-state index contributed by atoms with van der Waals surface area (Å²) in [5, 5.41) is 39.4. The van der Waals surface area contributed by atoms with Gasteiger partial charge in [0.15, 0.2) is 5.69 Å². The number of piperidine rings is 2. The number of halogens is 3. The number of β-amino-alcohol motifs (C(OH)–C–C–N with tert-alkyl or cyclic N) is 1. The SMILES string of the molecule is OC[C@@H]1[C@@H](O)[C@H](O)[C@@H](O)CN1C[C@H]1CCCN(c2cccnc2C(F)(F)F)C1. The summed E-state index contributed by atoms with van der Waals surface area (Å²) in [6, 6.07) is 2.17. The predicted molar refractivity (Wildman–Crippen MR) is 94.6 cm³/mol. The first-order chi connectivity index (χ1) is 13.2. The maximum atomic E-state index is 13.3. The van der Waals surface area contributed by atoms with Crippen molar-refractivity contribution in [2.75, 3.05) is 37.7 Å². The smallest absolute Gasteiger partial charge is 0.395 e. The van der Waals surface area contributed by atoms with Gasteiger partial charge in [-0.3, -0.25) is 4.90 Å². The molecule has 0 saturated carbocycles. The van der Waals surface area contributed by atoms with Gasteiger partial charge in [0, 0.05) is 32.4 Å². The molecule has 0 unspecified atom stereocenters. The van der Waals surface area contributed by atoms with Crippen LogP contribution in [0.25, 0.3) is 0 Å². The van der Waals surface area contributed by atoms with E-state index in [1.807, 2.05) is 0 Å². The van der Waals surface area contributed by atoms with E-state index in [4.69, 9.17) is 0 Å². The van der Waals surface area contributed by atoms with Crippen LogP contribution in [0.4, 0.5) is 18.9 Å². The molecule has 2 aliphatic rings. The number of pyridine rings is 1. The molecule has 5 atom stereocenters. The third-order valence-corrected chi connectivity index (χ3v) is 5.62. The molecule has 158 valence electrons. The van der Waals surface area contributed by atoms with E-state index in [1.165, 1.54) is 12.1 Å². The van der Waals surface area contributed by atoms with E-state index in [1.54, 1.807) is 9.80 Å².